The van der Waals surface area contributed by atoms with E-state index in [2.05, 4.69) is 12.2 Å². The lowest BCUT2D eigenvalue weighted by atomic mass is 10.2. The van der Waals surface area contributed by atoms with Crippen LogP contribution < -0.4 is 14.4 Å². The summed E-state index contributed by atoms with van der Waals surface area (Å²) in [5.74, 6) is 0.209. The topological polar surface area (TPSA) is 75.7 Å². The second-order valence-corrected chi connectivity index (χ2v) is 8.95. The first-order chi connectivity index (χ1) is 14.9. The summed E-state index contributed by atoms with van der Waals surface area (Å²) in [4.78, 5) is 12.9. The van der Waals surface area contributed by atoms with Gasteiger partial charge >= 0.3 is 0 Å². The Kier molecular flexibility index (Phi) is 7.31. The summed E-state index contributed by atoms with van der Waals surface area (Å²) in [6.07, 6.45) is 1.91. The fourth-order valence-electron chi connectivity index (χ4n) is 2.95. The van der Waals surface area contributed by atoms with Gasteiger partial charge in [-0.15, -0.1) is 0 Å². The quantitative estimate of drug-likeness (QED) is 0.480. The molecule has 7 heteroatoms. The van der Waals surface area contributed by atoms with Crippen molar-refractivity contribution in [2.24, 2.45) is 0 Å². The van der Waals surface area contributed by atoms with E-state index in [0.717, 1.165) is 12.8 Å². The molecular weight excluding hydrogens is 412 g/mol. The maximum atomic E-state index is 12.9. The molecule has 31 heavy (non-hydrogen) atoms. The highest BCUT2D eigenvalue weighted by Crippen LogP contribution is 2.24. The molecule has 3 aromatic rings. The third-order valence-corrected chi connectivity index (χ3v) is 6.58. The molecule has 0 aromatic heterocycles. The van der Waals surface area contributed by atoms with Crippen LogP contribution in [-0.4, -0.2) is 28.0 Å². The molecule has 0 bridgehead atoms. The summed E-state index contributed by atoms with van der Waals surface area (Å²) >= 11 is 0. The first kappa shape index (κ1) is 22.4. The predicted molar refractivity (Wildman–Crippen MR) is 123 cm³/mol. The number of amides is 1. The molecule has 0 aliphatic carbocycles. The largest absolute Gasteiger partial charge is 0.493 e. The Morgan fingerprint density at radius 3 is 2.26 bits per heavy atom. The van der Waals surface area contributed by atoms with Crippen molar-refractivity contribution in [3.63, 3.8) is 0 Å². The molecule has 0 aliphatic rings. The van der Waals surface area contributed by atoms with Crippen LogP contribution in [0.4, 0.5) is 11.4 Å². The molecule has 0 heterocycles. The first-order valence-electron chi connectivity index (χ1n) is 10.1. The minimum absolute atomic E-state index is 0.139. The van der Waals surface area contributed by atoms with Crippen molar-refractivity contribution in [1.82, 2.24) is 0 Å². The van der Waals surface area contributed by atoms with Crippen LogP contribution in [0.2, 0.25) is 0 Å². The number of hydrogen-bond donors (Lipinski definition) is 1. The number of para-hydroxylation sites is 2. The molecule has 162 valence electrons. The molecule has 0 saturated heterocycles. The van der Waals surface area contributed by atoms with Gasteiger partial charge in [-0.3, -0.25) is 9.10 Å². The minimum atomic E-state index is -3.71. The molecule has 0 unspecified atom stereocenters. The number of rotatable bonds is 9. The zero-order valence-electron chi connectivity index (χ0n) is 17.6. The van der Waals surface area contributed by atoms with E-state index in [-0.39, 0.29) is 10.8 Å². The number of carbonyl (C=O) groups excluding carboxylic acids is 1. The maximum Gasteiger partial charge on any atom is 0.264 e. The number of hydrogen-bond acceptors (Lipinski definition) is 4. The van der Waals surface area contributed by atoms with Gasteiger partial charge in [0.25, 0.3) is 15.9 Å². The Hall–Kier alpha value is -3.32. The number of benzene rings is 3. The lowest BCUT2D eigenvalue weighted by Gasteiger charge is -2.19. The average molecular weight is 439 g/mol. The highest BCUT2D eigenvalue weighted by atomic mass is 32.2. The van der Waals surface area contributed by atoms with Gasteiger partial charge in [-0.1, -0.05) is 43.7 Å². The molecule has 6 nitrogen and oxygen atoms in total. The smallest absolute Gasteiger partial charge is 0.264 e. The SMILES string of the molecule is CCCCOc1ccccc1C(=O)Nc1ccc(S(=O)(=O)N(C)c2ccccc2)cc1. The van der Waals surface area contributed by atoms with E-state index in [9.17, 15) is 13.2 Å². The van der Waals surface area contributed by atoms with Gasteiger partial charge in [0.15, 0.2) is 0 Å². The number of anilines is 2. The summed E-state index contributed by atoms with van der Waals surface area (Å²) in [5.41, 5.74) is 1.49. The standard InChI is InChI=1S/C24H26N2O4S/c1-3-4-18-30-23-13-9-8-12-22(23)24(27)25-19-14-16-21(17-15-19)31(28,29)26(2)20-10-6-5-7-11-20/h5-17H,3-4,18H2,1-2H3,(H,25,27). The van der Waals surface area contributed by atoms with E-state index in [1.54, 1.807) is 54.6 Å². The molecule has 0 atom stereocenters. The number of sulfonamides is 1. The van der Waals surface area contributed by atoms with Crippen molar-refractivity contribution < 1.29 is 17.9 Å². The van der Waals surface area contributed by atoms with E-state index < -0.39 is 10.0 Å². The number of carbonyl (C=O) groups is 1. The molecule has 0 radical (unpaired) electrons. The van der Waals surface area contributed by atoms with E-state index in [4.69, 9.17) is 4.74 Å². The van der Waals surface area contributed by atoms with E-state index in [1.165, 1.54) is 23.5 Å². The van der Waals surface area contributed by atoms with Crippen molar-refractivity contribution in [2.45, 2.75) is 24.7 Å². The number of nitrogens with one attached hydrogen (secondary N) is 1. The molecule has 0 fully saturated rings. The Labute approximate surface area is 183 Å². The highest BCUT2D eigenvalue weighted by Gasteiger charge is 2.21. The van der Waals surface area contributed by atoms with Gasteiger partial charge in [-0.05, 0) is 55.0 Å². The van der Waals surface area contributed by atoms with Crippen LogP contribution in [0.1, 0.15) is 30.1 Å². The number of nitrogens with zero attached hydrogens (tertiary/aromatic N) is 1. The van der Waals surface area contributed by atoms with E-state index >= 15 is 0 Å². The van der Waals surface area contributed by atoms with Crippen LogP contribution in [0.15, 0.2) is 83.8 Å². The maximum absolute atomic E-state index is 12.9. The Morgan fingerprint density at radius 2 is 1.58 bits per heavy atom. The molecule has 0 saturated carbocycles. The Balaban J connectivity index is 1.73. The first-order valence-corrected chi connectivity index (χ1v) is 11.5. The summed E-state index contributed by atoms with van der Waals surface area (Å²) in [7, 11) is -2.20. The normalized spacial score (nSPS) is 11.0. The molecule has 1 amide bonds. The fraction of sp³-hybridized carbons (Fsp3) is 0.208. The molecular formula is C24H26N2O4S. The molecule has 0 spiro atoms. The Bertz CT molecular complexity index is 1110. The summed E-state index contributed by atoms with van der Waals surface area (Å²) in [6, 6.07) is 22.0. The minimum Gasteiger partial charge on any atom is -0.493 e. The predicted octanol–water partition coefficient (Wildman–Crippen LogP) is 4.94. The van der Waals surface area contributed by atoms with Gasteiger partial charge in [0.05, 0.1) is 22.8 Å². The van der Waals surface area contributed by atoms with Crippen LogP contribution in [0.3, 0.4) is 0 Å². The van der Waals surface area contributed by atoms with Crippen molar-refractivity contribution >= 4 is 27.3 Å². The second kappa shape index (κ2) is 10.1. The molecule has 3 aromatic carbocycles. The Morgan fingerprint density at radius 1 is 0.935 bits per heavy atom. The van der Waals surface area contributed by atoms with Gasteiger partial charge in [0.1, 0.15) is 5.75 Å². The third-order valence-electron chi connectivity index (χ3n) is 4.78. The van der Waals surface area contributed by atoms with Gasteiger partial charge in [0.2, 0.25) is 0 Å². The monoisotopic (exact) mass is 438 g/mol. The lowest BCUT2D eigenvalue weighted by molar-refractivity contribution is 0.102. The van der Waals surface area contributed by atoms with Crippen LogP contribution in [0.5, 0.6) is 5.75 Å². The van der Waals surface area contributed by atoms with Gasteiger partial charge in [-0.2, -0.15) is 0 Å². The molecule has 0 aliphatic heterocycles. The average Bonchev–Trinajstić information content (AvgIpc) is 2.80. The molecule has 3 rings (SSSR count). The molecule has 1 N–H and O–H groups in total. The lowest BCUT2D eigenvalue weighted by Crippen LogP contribution is -2.26. The fourth-order valence-corrected chi connectivity index (χ4v) is 4.15. The highest BCUT2D eigenvalue weighted by molar-refractivity contribution is 7.92. The van der Waals surface area contributed by atoms with Crippen LogP contribution in [0.25, 0.3) is 0 Å². The second-order valence-electron chi connectivity index (χ2n) is 6.98. The van der Waals surface area contributed by atoms with Crippen molar-refractivity contribution in [3.05, 3.63) is 84.4 Å². The van der Waals surface area contributed by atoms with E-state index in [0.29, 0.717) is 29.3 Å². The zero-order chi connectivity index (χ0) is 22.3. The van der Waals surface area contributed by atoms with Crippen LogP contribution >= 0.6 is 0 Å². The summed E-state index contributed by atoms with van der Waals surface area (Å²) in [6.45, 7) is 2.62. The van der Waals surface area contributed by atoms with Gasteiger partial charge in [-0.25, -0.2) is 8.42 Å². The zero-order valence-corrected chi connectivity index (χ0v) is 18.4. The van der Waals surface area contributed by atoms with Crippen molar-refractivity contribution in [2.75, 3.05) is 23.3 Å². The van der Waals surface area contributed by atoms with Crippen LogP contribution in [0, 0.1) is 0 Å². The third kappa shape index (κ3) is 5.44. The van der Waals surface area contributed by atoms with E-state index in [1.807, 2.05) is 12.1 Å². The number of unbranched alkanes of at least 4 members (excludes halogenated alkanes) is 1. The van der Waals surface area contributed by atoms with Crippen LogP contribution in [-0.2, 0) is 10.0 Å². The summed E-state index contributed by atoms with van der Waals surface area (Å²) < 4.78 is 32.7. The van der Waals surface area contributed by atoms with Gasteiger partial charge < -0.3 is 10.1 Å². The van der Waals surface area contributed by atoms with Gasteiger partial charge in [0, 0.05) is 12.7 Å². The summed E-state index contributed by atoms with van der Waals surface area (Å²) in [5, 5.41) is 2.80. The van der Waals surface area contributed by atoms with Crippen molar-refractivity contribution in [3.8, 4) is 5.75 Å². The van der Waals surface area contributed by atoms with Crippen molar-refractivity contribution in [1.29, 1.82) is 0 Å². The number of ether oxygens (including phenoxy) is 1.